The molecule has 0 fully saturated rings. The third kappa shape index (κ3) is 9.04. The van der Waals surface area contributed by atoms with E-state index in [1.165, 1.54) is 0 Å². The van der Waals surface area contributed by atoms with Crippen molar-refractivity contribution >= 4 is 17.7 Å². The first kappa shape index (κ1) is 15.8. The summed E-state index contributed by atoms with van der Waals surface area (Å²) in [5, 5.41) is 2.88. The molecule has 4 heteroatoms. The predicted molar refractivity (Wildman–Crippen MR) is 70.9 cm³/mol. The Kier molecular flexibility index (Phi) is 9.83. The molecular weight excluding hydrogens is 222 g/mol. The summed E-state index contributed by atoms with van der Waals surface area (Å²) >= 11 is 1.80. The molecule has 96 valence electrons. The van der Waals surface area contributed by atoms with Gasteiger partial charge in [0.25, 0.3) is 0 Å². The Balaban J connectivity index is 3.49. The minimum Gasteiger partial charge on any atom is -0.369 e. The molecule has 3 nitrogen and oxygen atoms in total. The van der Waals surface area contributed by atoms with E-state index in [4.69, 9.17) is 4.74 Å². The summed E-state index contributed by atoms with van der Waals surface area (Å²) in [6.45, 7) is 7.52. The van der Waals surface area contributed by atoms with Crippen LogP contribution in [0.3, 0.4) is 0 Å². The van der Waals surface area contributed by atoms with Gasteiger partial charge in [-0.05, 0) is 37.7 Å². The van der Waals surface area contributed by atoms with E-state index < -0.39 is 0 Å². The number of thioether (sulfide) groups is 1. The van der Waals surface area contributed by atoms with E-state index in [0.29, 0.717) is 12.5 Å². The highest BCUT2D eigenvalue weighted by atomic mass is 32.2. The highest BCUT2D eigenvalue weighted by Crippen LogP contribution is 2.01. The number of carbonyl (C=O) groups excluding carboxylic acids is 1. The first-order valence-electron chi connectivity index (χ1n) is 5.96. The van der Waals surface area contributed by atoms with Crippen LogP contribution >= 0.6 is 11.8 Å². The van der Waals surface area contributed by atoms with Crippen LogP contribution in [0.5, 0.6) is 0 Å². The Bertz CT molecular complexity index is 186. The van der Waals surface area contributed by atoms with E-state index in [1.54, 1.807) is 11.8 Å². The van der Waals surface area contributed by atoms with E-state index in [9.17, 15) is 4.79 Å². The molecule has 16 heavy (non-hydrogen) atoms. The molecular formula is C12H25NO2S. The molecule has 0 saturated heterocycles. The van der Waals surface area contributed by atoms with Crippen molar-refractivity contribution in [2.24, 2.45) is 5.92 Å². The summed E-state index contributed by atoms with van der Waals surface area (Å²) in [5.41, 5.74) is 0. The molecule has 0 aliphatic rings. The molecule has 0 aromatic heterocycles. The van der Waals surface area contributed by atoms with E-state index in [2.05, 4.69) is 25.4 Å². The second-order valence-corrected chi connectivity index (χ2v) is 5.32. The Morgan fingerprint density at radius 3 is 2.62 bits per heavy atom. The summed E-state index contributed by atoms with van der Waals surface area (Å²) in [6, 6.07) is 0. The zero-order valence-corrected chi connectivity index (χ0v) is 11.7. The van der Waals surface area contributed by atoms with Crippen LogP contribution in [-0.2, 0) is 9.53 Å². The summed E-state index contributed by atoms with van der Waals surface area (Å²) in [7, 11) is 0. The largest absolute Gasteiger partial charge is 0.369 e. The van der Waals surface area contributed by atoms with Gasteiger partial charge in [0.1, 0.15) is 6.10 Å². The lowest BCUT2D eigenvalue weighted by Gasteiger charge is -2.14. The predicted octanol–water partition coefficient (Wildman–Crippen LogP) is 2.31. The second kappa shape index (κ2) is 9.97. The standard InChI is InChI=1S/C12H25NO2S/c1-10(2)6-8-15-11(3)12(14)13-7-5-9-16-4/h10-11H,5-9H2,1-4H3,(H,13,14). The topological polar surface area (TPSA) is 38.3 Å². The van der Waals surface area contributed by atoms with Crippen LogP contribution in [0.4, 0.5) is 0 Å². The average Bonchev–Trinajstić information content (AvgIpc) is 2.23. The molecule has 0 rings (SSSR count). The number of hydrogen-bond acceptors (Lipinski definition) is 3. The van der Waals surface area contributed by atoms with Crippen molar-refractivity contribution in [2.75, 3.05) is 25.2 Å². The fraction of sp³-hybridized carbons (Fsp3) is 0.917. The summed E-state index contributed by atoms with van der Waals surface area (Å²) in [6.07, 6.45) is 3.77. The molecule has 1 atom stereocenters. The first-order valence-corrected chi connectivity index (χ1v) is 7.35. The lowest BCUT2D eigenvalue weighted by molar-refractivity contribution is -0.131. The van der Waals surface area contributed by atoms with Gasteiger partial charge in [-0.1, -0.05) is 13.8 Å². The van der Waals surface area contributed by atoms with Crippen molar-refractivity contribution in [3.8, 4) is 0 Å². The SMILES string of the molecule is CSCCCNC(=O)C(C)OCCC(C)C. The summed E-state index contributed by atoms with van der Waals surface area (Å²) < 4.78 is 5.45. The number of nitrogens with one attached hydrogen (secondary N) is 1. The number of rotatable bonds is 9. The van der Waals surface area contributed by atoms with Gasteiger partial charge in [-0.2, -0.15) is 11.8 Å². The van der Waals surface area contributed by atoms with Gasteiger partial charge in [0, 0.05) is 13.2 Å². The van der Waals surface area contributed by atoms with Crippen LogP contribution in [0.1, 0.15) is 33.6 Å². The Labute approximate surface area is 104 Å². The lowest BCUT2D eigenvalue weighted by Crippen LogP contribution is -2.35. The van der Waals surface area contributed by atoms with Gasteiger partial charge in [-0.15, -0.1) is 0 Å². The van der Waals surface area contributed by atoms with Crippen molar-refractivity contribution in [1.29, 1.82) is 0 Å². The van der Waals surface area contributed by atoms with Gasteiger partial charge in [-0.25, -0.2) is 0 Å². The van der Waals surface area contributed by atoms with E-state index >= 15 is 0 Å². The fourth-order valence-electron chi connectivity index (χ4n) is 1.13. The van der Waals surface area contributed by atoms with Crippen LogP contribution in [0, 0.1) is 5.92 Å². The smallest absolute Gasteiger partial charge is 0.248 e. The van der Waals surface area contributed by atoms with Gasteiger partial charge in [0.15, 0.2) is 0 Å². The number of ether oxygens (including phenoxy) is 1. The molecule has 0 spiro atoms. The molecule has 0 bridgehead atoms. The first-order chi connectivity index (χ1) is 7.57. The van der Waals surface area contributed by atoms with E-state index in [0.717, 1.165) is 25.1 Å². The summed E-state index contributed by atoms with van der Waals surface area (Å²) in [4.78, 5) is 11.5. The van der Waals surface area contributed by atoms with E-state index in [-0.39, 0.29) is 12.0 Å². The maximum absolute atomic E-state index is 11.5. The van der Waals surface area contributed by atoms with E-state index in [1.807, 2.05) is 6.92 Å². The van der Waals surface area contributed by atoms with Crippen molar-refractivity contribution in [2.45, 2.75) is 39.7 Å². The number of hydrogen-bond donors (Lipinski definition) is 1. The van der Waals surface area contributed by atoms with Crippen molar-refractivity contribution in [1.82, 2.24) is 5.32 Å². The van der Waals surface area contributed by atoms with Crippen molar-refractivity contribution in [3.05, 3.63) is 0 Å². The molecule has 1 unspecified atom stereocenters. The average molecular weight is 247 g/mol. The molecule has 1 amide bonds. The van der Waals surface area contributed by atoms with Crippen LogP contribution in [0.15, 0.2) is 0 Å². The van der Waals surface area contributed by atoms with Gasteiger partial charge in [0.2, 0.25) is 5.91 Å². The Morgan fingerprint density at radius 2 is 2.06 bits per heavy atom. The molecule has 1 N–H and O–H groups in total. The molecule has 0 heterocycles. The molecule has 0 aromatic rings. The van der Waals surface area contributed by atoms with Crippen LogP contribution in [0.25, 0.3) is 0 Å². The van der Waals surface area contributed by atoms with Gasteiger partial charge >= 0.3 is 0 Å². The molecule has 0 radical (unpaired) electrons. The Morgan fingerprint density at radius 1 is 1.38 bits per heavy atom. The maximum atomic E-state index is 11.5. The summed E-state index contributed by atoms with van der Waals surface area (Å²) in [5.74, 6) is 1.71. The normalized spacial score (nSPS) is 12.8. The van der Waals surface area contributed by atoms with Crippen molar-refractivity contribution < 1.29 is 9.53 Å². The van der Waals surface area contributed by atoms with Crippen LogP contribution in [-0.4, -0.2) is 37.2 Å². The Hall–Kier alpha value is -0.220. The third-order valence-corrected chi connectivity index (χ3v) is 2.95. The zero-order valence-electron chi connectivity index (χ0n) is 10.9. The lowest BCUT2D eigenvalue weighted by atomic mass is 10.1. The fourth-order valence-corrected chi connectivity index (χ4v) is 1.56. The minimum absolute atomic E-state index is 0.00450. The van der Waals surface area contributed by atoms with Crippen LogP contribution in [0.2, 0.25) is 0 Å². The number of amides is 1. The minimum atomic E-state index is -0.326. The van der Waals surface area contributed by atoms with Crippen LogP contribution < -0.4 is 5.32 Å². The molecule has 0 aliphatic heterocycles. The van der Waals surface area contributed by atoms with Gasteiger partial charge < -0.3 is 10.1 Å². The highest BCUT2D eigenvalue weighted by Gasteiger charge is 2.12. The highest BCUT2D eigenvalue weighted by molar-refractivity contribution is 7.98. The molecule has 0 aliphatic carbocycles. The third-order valence-electron chi connectivity index (χ3n) is 2.26. The zero-order chi connectivity index (χ0) is 12.4. The number of carbonyl (C=O) groups is 1. The van der Waals surface area contributed by atoms with Gasteiger partial charge in [0.05, 0.1) is 0 Å². The monoisotopic (exact) mass is 247 g/mol. The molecule has 0 aromatic carbocycles. The molecule has 0 saturated carbocycles. The van der Waals surface area contributed by atoms with Crippen molar-refractivity contribution in [3.63, 3.8) is 0 Å². The maximum Gasteiger partial charge on any atom is 0.248 e. The quantitative estimate of drug-likeness (QED) is 0.635. The van der Waals surface area contributed by atoms with Gasteiger partial charge in [-0.3, -0.25) is 4.79 Å². The second-order valence-electron chi connectivity index (χ2n) is 4.33.